The number of aromatic nitrogens is 1. The van der Waals surface area contributed by atoms with E-state index in [4.69, 9.17) is 10.5 Å². The van der Waals surface area contributed by atoms with Gasteiger partial charge in [0.15, 0.2) is 0 Å². The van der Waals surface area contributed by atoms with E-state index in [1.54, 1.807) is 18.9 Å². The third kappa shape index (κ3) is 3.52. The molecule has 0 aliphatic rings. The summed E-state index contributed by atoms with van der Waals surface area (Å²) in [5, 5.41) is 0.194. The molecule has 0 aliphatic carbocycles. The number of thioether (sulfide) groups is 1. The molecule has 20 heavy (non-hydrogen) atoms. The highest BCUT2D eigenvalue weighted by Gasteiger charge is 2.21. The Hall–Kier alpha value is -1.52. The van der Waals surface area contributed by atoms with Gasteiger partial charge < -0.3 is 10.5 Å². The monoisotopic (exact) mass is 288 g/mol. The van der Waals surface area contributed by atoms with E-state index in [1.165, 1.54) is 5.56 Å². The third-order valence-corrected chi connectivity index (χ3v) is 4.68. The lowest BCUT2D eigenvalue weighted by molar-refractivity contribution is 0.404. The Balaban J connectivity index is 2.29. The Kier molecular flexibility index (Phi) is 5.44. The van der Waals surface area contributed by atoms with Gasteiger partial charge in [0, 0.05) is 28.6 Å². The quantitative estimate of drug-likeness (QED) is 0.824. The first-order valence-corrected chi connectivity index (χ1v) is 7.59. The summed E-state index contributed by atoms with van der Waals surface area (Å²) in [6.07, 6.45) is 4.55. The van der Waals surface area contributed by atoms with Crippen LogP contribution in [-0.2, 0) is 0 Å². The van der Waals surface area contributed by atoms with Crippen LogP contribution in [0.5, 0.6) is 5.75 Å². The van der Waals surface area contributed by atoms with Crippen molar-refractivity contribution in [2.45, 2.75) is 29.5 Å². The first kappa shape index (κ1) is 14.9. The average molecular weight is 288 g/mol. The average Bonchev–Trinajstić information content (AvgIpc) is 2.53. The zero-order valence-corrected chi connectivity index (χ0v) is 12.6. The number of hydrogen-bond donors (Lipinski definition) is 1. The van der Waals surface area contributed by atoms with E-state index in [0.29, 0.717) is 0 Å². The standard InChI is InChI=1S/C16H20N2OS/c1-3-13(17)16(12-8-10-18-11-9-12)20-15-7-5-4-6-14(15)19-2/h4-11,13,16H,3,17H2,1-2H3. The van der Waals surface area contributed by atoms with E-state index in [9.17, 15) is 0 Å². The molecule has 0 aliphatic heterocycles. The topological polar surface area (TPSA) is 48.1 Å². The Morgan fingerprint density at radius 2 is 1.90 bits per heavy atom. The molecule has 0 saturated carbocycles. The molecule has 2 unspecified atom stereocenters. The Morgan fingerprint density at radius 1 is 1.20 bits per heavy atom. The van der Waals surface area contributed by atoms with Crippen LogP contribution in [0, 0.1) is 0 Å². The van der Waals surface area contributed by atoms with Crippen LogP contribution >= 0.6 is 11.8 Å². The van der Waals surface area contributed by atoms with Crippen LogP contribution in [0.15, 0.2) is 53.7 Å². The van der Waals surface area contributed by atoms with Crippen molar-refractivity contribution in [3.63, 3.8) is 0 Å². The van der Waals surface area contributed by atoms with E-state index in [1.807, 2.05) is 42.7 Å². The van der Waals surface area contributed by atoms with Crippen LogP contribution in [0.25, 0.3) is 0 Å². The zero-order valence-electron chi connectivity index (χ0n) is 11.8. The molecule has 4 heteroatoms. The summed E-state index contributed by atoms with van der Waals surface area (Å²) in [6, 6.07) is 12.2. The largest absolute Gasteiger partial charge is 0.496 e. The van der Waals surface area contributed by atoms with Crippen molar-refractivity contribution in [1.82, 2.24) is 4.98 Å². The zero-order chi connectivity index (χ0) is 14.4. The number of hydrogen-bond acceptors (Lipinski definition) is 4. The molecule has 1 aromatic heterocycles. The molecular formula is C16H20N2OS. The number of nitrogens with two attached hydrogens (primary N) is 1. The summed E-state index contributed by atoms with van der Waals surface area (Å²) in [4.78, 5) is 5.19. The maximum absolute atomic E-state index is 6.31. The summed E-state index contributed by atoms with van der Waals surface area (Å²) >= 11 is 1.75. The van der Waals surface area contributed by atoms with E-state index in [-0.39, 0.29) is 11.3 Å². The summed E-state index contributed by atoms with van der Waals surface area (Å²) in [7, 11) is 1.70. The number of ether oxygens (including phenoxy) is 1. The van der Waals surface area contributed by atoms with E-state index in [2.05, 4.69) is 18.0 Å². The second-order valence-electron chi connectivity index (χ2n) is 4.54. The Labute approximate surface area is 124 Å². The maximum atomic E-state index is 6.31. The third-order valence-electron chi connectivity index (χ3n) is 3.22. The fourth-order valence-corrected chi connectivity index (χ4v) is 3.38. The highest BCUT2D eigenvalue weighted by atomic mass is 32.2. The molecule has 2 rings (SSSR count). The highest BCUT2D eigenvalue weighted by Crippen LogP contribution is 2.41. The molecule has 0 saturated heterocycles. The smallest absolute Gasteiger partial charge is 0.132 e. The molecule has 2 N–H and O–H groups in total. The second kappa shape index (κ2) is 7.31. The van der Waals surface area contributed by atoms with Gasteiger partial charge in [0.2, 0.25) is 0 Å². The maximum Gasteiger partial charge on any atom is 0.132 e. The second-order valence-corrected chi connectivity index (χ2v) is 5.73. The van der Waals surface area contributed by atoms with Gasteiger partial charge in [-0.05, 0) is 36.2 Å². The van der Waals surface area contributed by atoms with Crippen LogP contribution in [0.4, 0.5) is 0 Å². The molecule has 2 atom stereocenters. The molecule has 0 bridgehead atoms. The molecular weight excluding hydrogens is 268 g/mol. The number of benzene rings is 1. The van der Waals surface area contributed by atoms with Gasteiger partial charge in [-0.3, -0.25) is 4.98 Å². The van der Waals surface area contributed by atoms with Crippen molar-refractivity contribution in [2.24, 2.45) is 5.73 Å². The fourth-order valence-electron chi connectivity index (χ4n) is 2.02. The van der Waals surface area contributed by atoms with Gasteiger partial charge in [0.25, 0.3) is 0 Å². The van der Waals surface area contributed by atoms with Gasteiger partial charge in [-0.15, -0.1) is 11.8 Å². The van der Waals surface area contributed by atoms with Crippen LogP contribution in [0.2, 0.25) is 0 Å². The van der Waals surface area contributed by atoms with Crippen LogP contribution in [0.1, 0.15) is 24.2 Å². The van der Waals surface area contributed by atoms with Crippen molar-refractivity contribution < 1.29 is 4.74 Å². The summed E-state index contributed by atoms with van der Waals surface area (Å²) in [5.74, 6) is 0.889. The number of para-hydroxylation sites is 1. The number of pyridine rings is 1. The summed E-state index contributed by atoms with van der Waals surface area (Å²) in [5.41, 5.74) is 7.51. The lowest BCUT2D eigenvalue weighted by Gasteiger charge is -2.23. The first-order chi connectivity index (χ1) is 9.76. The molecule has 2 aromatic rings. The van der Waals surface area contributed by atoms with Gasteiger partial charge in [0.1, 0.15) is 5.75 Å². The Bertz CT molecular complexity index is 533. The summed E-state index contributed by atoms with van der Waals surface area (Å²) < 4.78 is 5.42. The van der Waals surface area contributed by atoms with Gasteiger partial charge >= 0.3 is 0 Å². The molecule has 0 spiro atoms. The predicted molar refractivity (Wildman–Crippen MR) is 84.1 cm³/mol. The molecule has 3 nitrogen and oxygen atoms in total. The van der Waals surface area contributed by atoms with E-state index in [0.717, 1.165) is 17.1 Å². The fraction of sp³-hybridized carbons (Fsp3) is 0.312. The lowest BCUT2D eigenvalue weighted by atomic mass is 10.1. The van der Waals surface area contributed by atoms with Gasteiger partial charge in [-0.25, -0.2) is 0 Å². The molecule has 0 radical (unpaired) electrons. The van der Waals surface area contributed by atoms with Gasteiger partial charge in [-0.1, -0.05) is 19.1 Å². The number of rotatable bonds is 6. The molecule has 1 heterocycles. The normalized spacial score (nSPS) is 13.8. The van der Waals surface area contributed by atoms with Crippen molar-refractivity contribution in [3.8, 4) is 5.75 Å². The number of nitrogens with zero attached hydrogens (tertiary/aromatic N) is 1. The molecule has 1 aromatic carbocycles. The van der Waals surface area contributed by atoms with Crippen molar-refractivity contribution >= 4 is 11.8 Å². The SMILES string of the molecule is CCC(N)C(Sc1ccccc1OC)c1ccncc1. The van der Waals surface area contributed by atoms with E-state index < -0.39 is 0 Å². The van der Waals surface area contributed by atoms with Gasteiger partial charge in [0.05, 0.1) is 7.11 Å². The number of methoxy groups -OCH3 is 1. The first-order valence-electron chi connectivity index (χ1n) is 6.71. The summed E-state index contributed by atoms with van der Waals surface area (Å²) in [6.45, 7) is 2.11. The minimum absolute atomic E-state index is 0.0901. The Morgan fingerprint density at radius 3 is 2.55 bits per heavy atom. The van der Waals surface area contributed by atoms with Crippen molar-refractivity contribution in [1.29, 1.82) is 0 Å². The molecule has 106 valence electrons. The van der Waals surface area contributed by atoms with Crippen LogP contribution in [-0.4, -0.2) is 18.1 Å². The highest BCUT2D eigenvalue weighted by molar-refractivity contribution is 7.99. The molecule has 0 amide bonds. The minimum Gasteiger partial charge on any atom is -0.496 e. The van der Waals surface area contributed by atoms with E-state index >= 15 is 0 Å². The van der Waals surface area contributed by atoms with Crippen LogP contribution < -0.4 is 10.5 Å². The molecule has 0 fully saturated rings. The van der Waals surface area contributed by atoms with Crippen molar-refractivity contribution in [2.75, 3.05) is 7.11 Å². The van der Waals surface area contributed by atoms with Crippen LogP contribution in [0.3, 0.4) is 0 Å². The lowest BCUT2D eigenvalue weighted by Crippen LogP contribution is -2.25. The van der Waals surface area contributed by atoms with Gasteiger partial charge in [-0.2, -0.15) is 0 Å². The van der Waals surface area contributed by atoms with Crippen molar-refractivity contribution in [3.05, 3.63) is 54.4 Å². The minimum atomic E-state index is 0.0901. The predicted octanol–water partition coefficient (Wildman–Crippen LogP) is 3.66.